The van der Waals surface area contributed by atoms with Crippen LogP contribution in [0.15, 0.2) is 77.4 Å². The van der Waals surface area contributed by atoms with Gasteiger partial charge in [0.25, 0.3) is 5.91 Å². The highest BCUT2D eigenvalue weighted by atomic mass is 16.5. The first-order chi connectivity index (χ1) is 17.3. The molecule has 8 nitrogen and oxygen atoms in total. The highest BCUT2D eigenvalue weighted by Crippen LogP contribution is 2.34. The molecule has 0 unspecified atom stereocenters. The monoisotopic (exact) mass is 486 g/mol. The predicted molar refractivity (Wildman–Crippen MR) is 137 cm³/mol. The third-order valence-electron chi connectivity index (χ3n) is 5.62. The van der Waals surface area contributed by atoms with Crippen LogP contribution in [0.25, 0.3) is 6.08 Å². The molecule has 1 aliphatic heterocycles. The van der Waals surface area contributed by atoms with Crippen LogP contribution in [0.1, 0.15) is 29.8 Å². The van der Waals surface area contributed by atoms with E-state index in [4.69, 9.17) is 19.3 Å². The Labute approximate surface area is 209 Å². The Morgan fingerprint density at radius 3 is 2.11 bits per heavy atom. The van der Waals surface area contributed by atoms with Crippen molar-refractivity contribution in [3.8, 4) is 23.0 Å². The highest BCUT2D eigenvalue weighted by Gasteiger charge is 2.33. The van der Waals surface area contributed by atoms with Gasteiger partial charge in [0, 0.05) is 5.56 Å². The van der Waals surface area contributed by atoms with Gasteiger partial charge in [-0.25, -0.2) is 4.79 Å². The van der Waals surface area contributed by atoms with Gasteiger partial charge in [0.15, 0.2) is 0 Å². The van der Waals surface area contributed by atoms with Gasteiger partial charge in [-0.15, -0.1) is 0 Å². The van der Waals surface area contributed by atoms with Crippen molar-refractivity contribution in [2.75, 3.05) is 19.2 Å². The molecule has 0 spiro atoms. The molecule has 3 aromatic carbocycles. The number of carboxylic acid groups (broad SMARTS) is 1. The summed E-state index contributed by atoms with van der Waals surface area (Å²) in [6.45, 7) is 3.91. The molecule has 0 fully saturated rings. The Morgan fingerprint density at radius 1 is 0.917 bits per heavy atom. The molecule has 3 aromatic rings. The average Bonchev–Trinajstić information content (AvgIpc) is 3.21. The molecule has 0 bridgehead atoms. The topological polar surface area (TPSA) is 97.7 Å². The number of amides is 1. The van der Waals surface area contributed by atoms with Gasteiger partial charge in [-0.3, -0.25) is 4.79 Å². The molecule has 8 heteroatoms. The first-order valence-electron chi connectivity index (χ1n) is 11.3. The summed E-state index contributed by atoms with van der Waals surface area (Å²) in [5, 5.41) is 15.0. The number of aromatic carboxylic acids is 1. The lowest BCUT2D eigenvalue weighted by Gasteiger charge is -2.13. The Morgan fingerprint density at radius 2 is 1.53 bits per heavy atom. The van der Waals surface area contributed by atoms with Crippen molar-refractivity contribution >= 4 is 29.4 Å². The van der Waals surface area contributed by atoms with E-state index in [1.807, 2.05) is 13.8 Å². The molecule has 1 aliphatic rings. The molecule has 0 aromatic heterocycles. The van der Waals surface area contributed by atoms with E-state index < -0.39 is 5.97 Å². The molecule has 0 aliphatic carbocycles. The van der Waals surface area contributed by atoms with Crippen molar-refractivity contribution in [1.82, 2.24) is 0 Å². The number of nitrogens with zero attached hydrogens (tertiary/aromatic N) is 2. The first-order valence-corrected chi connectivity index (χ1v) is 11.3. The number of carbonyl (C=O) groups excluding carboxylic acids is 1. The largest absolute Gasteiger partial charge is 0.497 e. The second-order valence-electron chi connectivity index (χ2n) is 8.35. The van der Waals surface area contributed by atoms with Crippen molar-refractivity contribution in [3.63, 3.8) is 0 Å². The van der Waals surface area contributed by atoms with Gasteiger partial charge in [-0.2, -0.15) is 10.1 Å². The zero-order valence-electron chi connectivity index (χ0n) is 20.4. The molecular formula is C28H26N2O6. The number of anilines is 1. The Bertz CT molecular complexity index is 1340. The maximum Gasteiger partial charge on any atom is 0.335 e. The van der Waals surface area contributed by atoms with E-state index in [0.29, 0.717) is 45.5 Å². The molecule has 1 amide bonds. The third-order valence-corrected chi connectivity index (χ3v) is 5.62. The van der Waals surface area contributed by atoms with E-state index in [1.54, 1.807) is 74.9 Å². The molecule has 36 heavy (non-hydrogen) atoms. The van der Waals surface area contributed by atoms with Crippen molar-refractivity contribution in [2.24, 2.45) is 11.0 Å². The van der Waals surface area contributed by atoms with Gasteiger partial charge in [-0.05, 0) is 78.7 Å². The van der Waals surface area contributed by atoms with Crippen LogP contribution in [-0.2, 0) is 4.79 Å². The molecular weight excluding hydrogens is 460 g/mol. The van der Waals surface area contributed by atoms with Crippen molar-refractivity contribution in [3.05, 3.63) is 83.4 Å². The zero-order valence-corrected chi connectivity index (χ0v) is 20.4. The van der Waals surface area contributed by atoms with E-state index in [-0.39, 0.29) is 17.4 Å². The van der Waals surface area contributed by atoms with E-state index in [9.17, 15) is 9.59 Å². The molecule has 0 atom stereocenters. The maximum atomic E-state index is 13.5. The maximum absolute atomic E-state index is 13.5. The van der Waals surface area contributed by atoms with Gasteiger partial charge < -0.3 is 19.3 Å². The van der Waals surface area contributed by atoms with Crippen molar-refractivity contribution in [2.45, 2.75) is 13.8 Å². The van der Waals surface area contributed by atoms with Crippen LogP contribution < -0.4 is 19.2 Å². The lowest BCUT2D eigenvalue weighted by Crippen LogP contribution is -2.21. The number of hydrogen-bond donors (Lipinski definition) is 1. The number of hydrazone groups is 1. The Balaban J connectivity index is 1.72. The van der Waals surface area contributed by atoms with Crippen molar-refractivity contribution < 1.29 is 28.9 Å². The van der Waals surface area contributed by atoms with E-state index >= 15 is 0 Å². The minimum Gasteiger partial charge on any atom is -0.497 e. The zero-order chi connectivity index (χ0) is 25.8. The summed E-state index contributed by atoms with van der Waals surface area (Å²) in [6, 6.07) is 18.6. The summed E-state index contributed by atoms with van der Waals surface area (Å²) in [5.41, 5.74) is 2.28. The average molecular weight is 487 g/mol. The van der Waals surface area contributed by atoms with E-state index in [0.717, 1.165) is 0 Å². The number of hydrogen-bond acceptors (Lipinski definition) is 6. The smallest absolute Gasteiger partial charge is 0.335 e. The molecule has 0 radical (unpaired) electrons. The molecule has 184 valence electrons. The van der Waals surface area contributed by atoms with Gasteiger partial charge in [0.2, 0.25) is 0 Å². The van der Waals surface area contributed by atoms with Crippen LogP contribution in [0, 0.1) is 5.92 Å². The summed E-state index contributed by atoms with van der Waals surface area (Å²) in [5.74, 6) is 1.07. The minimum atomic E-state index is -1.04. The minimum absolute atomic E-state index is 0.0416. The SMILES string of the molecule is COc1ccc(Oc2ccc(OC)cc2/C=C2\C(=O)N(c3ccc(C(=O)O)cc3)N=C2C(C)C)cc1. The highest BCUT2D eigenvalue weighted by molar-refractivity contribution is 6.33. The van der Waals surface area contributed by atoms with Gasteiger partial charge in [0.1, 0.15) is 23.0 Å². The lowest BCUT2D eigenvalue weighted by atomic mass is 9.98. The van der Waals surface area contributed by atoms with E-state index in [1.165, 1.54) is 17.1 Å². The van der Waals surface area contributed by atoms with E-state index in [2.05, 4.69) is 5.10 Å². The lowest BCUT2D eigenvalue weighted by molar-refractivity contribution is -0.114. The van der Waals surface area contributed by atoms with Crippen LogP contribution in [-0.4, -0.2) is 36.9 Å². The molecule has 0 saturated heterocycles. The fourth-order valence-electron chi connectivity index (χ4n) is 3.70. The second-order valence-corrected chi connectivity index (χ2v) is 8.35. The number of ether oxygens (including phenoxy) is 3. The van der Waals surface area contributed by atoms with Crippen LogP contribution >= 0.6 is 0 Å². The van der Waals surface area contributed by atoms with Gasteiger partial charge in [-0.1, -0.05) is 13.8 Å². The number of rotatable bonds is 8. The predicted octanol–water partition coefficient (Wildman–Crippen LogP) is 5.64. The first kappa shape index (κ1) is 24.5. The normalized spacial score (nSPS) is 14.2. The fraction of sp³-hybridized carbons (Fsp3) is 0.179. The summed E-state index contributed by atoms with van der Waals surface area (Å²) < 4.78 is 16.7. The summed E-state index contributed by atoms with van der Waals surface area (Å²) in [6.07, 6.45) is 1.74. The number of benzene rings is 3. The van der Waals surface area contributed by atoms with Crippen LogP contribution in [0.5, 0.6) is 23.0 Å². The number of methoxy groups -OCH3 is 2. The molecule has 0 saturated carbocycles. The van der Waals surface area contributed by atoms with Gasteiger partial charge in [0.05, 0.1) is 36.8 Å². The number of carbonyl (C=O) groups is 2. The summed E-state index contributed by atoms with van der Waals surface area (Å²) in [7, 11) is 3.17. The molecule has 4 rings (SSSR count). The third kappa shape index (κ3) is 5.07. The second kappa shape index (κ2) is 10.4. The Hall–Kier alpha value is -4.59. The van der Waals surface area contributed by atoms with Crippen LogP contribution in [0.4, 0.5) is 5.69 Å². The standard InChI is InChI=1S/C28H26N2O6/c1-17(2)26-24(27(31)30(29-26)20-7-5-18(6-8-20)28(32)33)16-19-15-23(35-4)13-14-25(19)36-22-11-9-21(34-3)10-12-22/h5-17H,1-4H3,(H,32,33)/b24-16-. The fourth-order valence-corrected chi connectivity index (χ4v) is 3.70. The Kier molecular flexibility index (Phi) is 7.05. The summed E-state index contributed by atoms with van der Waals surface area (Å²) in [4.78, 5) is 24.7. The van der Waals surface area contributed by atoms with Gasteiger partial charge >= 0.3 is 5.97 Å². The number of carboxylic acids is 1. The summed E-state index contributed by atoms with van der Waals surface area (Å²) >= 11 is 0. The molecule has 1 N–H and O–H groups in total. The van der Waals surface area contributed by atoms with Crippen molar-refractivity contribution in [1.29, 1.82) is 0 Å². The van der Waals surface area contributed by atoms with Crippen LogP contribution in [0.3, 0.4) is 0 Å². The molecule has 1 heterocycles. The quantitative estimate of drug-likeness (QED) is 0.414. The van der Waals surface area contributed by atoms with Crippen LogP contribution in [0.2, 0.25) is 0 Å².